The Morgan fingerprint density at radius 1 is 1.28 bits per heavy atom. The number of anilines is 1. The molecule has 0 aliphatic rings. The first-order valence-electron chi connectivity index (χ1n) is 7.71. The summed E-state index contributed by atoms with van der Waals surface area (Å²) in [7, 11) is 0. The first kappa shape index (κ1) is 17.1. The zero-order valence-corrected chi connectivity index (χ0v) is 15.1. The number of nitrogen functional groups attached to an aromatic ring is 1. The van der Waals surface area contributed by atoms with Crippen molar-refractivity contribution in [1.29, 1.82) is 0 Å². The van der Waals surface area contributed by atoms with Crippen LogP contribution in [0, 0.1) is 20.8 Å². The predicted molar refractivity (Wildman–Crippen MR) is 97.9 cm³/mol. The van der Waals surface area contributed by atoms with Crippen LogP contribution in [0.5, 0.6) is 0 Å². The highest BCUT2D eigenvalue weighted by molar-refractivity contribution is 7.99. The van der Waals surface area contributed by atoms with Gasteiger partial charge in [-0.3, -0.25) is 4.79 Å². The van der Waals surface area contributed by atoms with Crippen molar-refractivity contribution in [1.82, 2.24) is 14.9 Å². The first-order valence-corrected chi connectivity index (χ1v) is 8.69. The summed E-state index contributed by atoms with van der Waals surface area (Å²) in [6.07, 6.45) is 1.57. The van der Waals surface area contributed by atoms with Crippen molar-refractivity contribution in [3.63, 3.8) is 0 Å². The summed E-state index contributed by atoms with van der Waals surface area (Å²) < 4.78 is 6.63. The Balaban J connectivity index is 1.66. The lowest BCUT2D eigenvalue weighted by atomic mass is 10.1. The van der Waals surface area contributed by atoms with Crippen molar-refractivity contribution in [2.24, 2.45) is 0 Å². The molecule has 8 heteroatoms. The average molecular weight is 357 g/mol. The van der Waals surface area contributed by atoms with E-state index < -0.39 is 0 Å². The third-order valence-electron chi connectivity index (χ3n) is 3.98. The van der Waals surface area contributed by atoms with Gasteiger partial charge in [0, 0.05) is 5.69 Å². The highest BCUT2D eigenvalue weighted by Gasteiger charge is 2.16. The number of thioether (sulfide) groups is 1. The molecule has 1 aromatic carbocycles. The molecule has 0 fully saturated rings. The number of benzene rings is 1. The van der Waals surface area contributed by atoms with Crippen molar-refractivity contribution in [3.05, 3.63) is 47.4 Å². The van der Waals surface area contributed by atoms with Crippen LogP contribution < -0.4 is 11.2 Å². The molecule has 0 aliphatic heterocycles. The van der Waals surface area contributed by atoms with Crippen molar-refractivity contribution < 1.29 is 9.21 Å². The van der Waals surface area contributed by atoms with E-state index in [0.717, 1.165) is 22.4 Å². The quantitative estimate of drug-likeness (QED) is 0.538. The minimum Gasteiger partial charge on any atom is -0.469 e. The SMILES string of the molecule is Cc1cccc(NC(=O)CSc2nnc(-c3ccoc3C)n2N)c1C. The standard InChI is InChI=1S/C17H19N5O2S/c1-10-5-4-6-14(11(10)2)19-15(23)9-25-17-21-20-16(22(17)18)13-7-8-24-12(13)3/h4-8H,9,18H2,1-3H3,(H,19,23). The van der Waals surface area contributed by atoms with Gasteiger partial charge in [-0.2, -0.15) is 0 Å². The second kappa shape index (κ2) is 7.02. The van der Waals surface area contributed by atoms with E-state index in [4.69, 9.17) is 10.3 Å². The van der Waals surface area contributed by atoms with Crippen LogP contribution in [0.4, 0.5) is 5.69 Å². The topological polar surface area (TPSA) is 99.0 Å². The van der Waals surface area contributed by atoms with E-state index in [2.05, 4.69) is 15.5 Å². The Labute approximate surface area is 149 Å². The Morgan fingerprint density at radius 2 is 2.08 bits per heavy atom. The highest BCUT2D eigenvalue weighted by Crippen LogP contribution is 2.25. The maximum atomic E-state index is 12.2. The maximum absolute atomic E-state index is 12.2. The maximum Gasteiger partial charge on any atom is 0.234 e. The normalized spacial score (nSPS) is 10.8. The van der Waals surface area contributed by atoms with E-state index in [9.17, 15) is 4.79 Å². The summed E-state index contributed by atoms with van der Waals surface area (Å²) in [5, 5.41) is 11.5. The lowest BCUT2D eigenvalue weighted by Gasteiger charge is -2.10. The second-order valence-electron chi connectivity index (χ2n) is 5.65. The molecule has 0 unspecified atom stereocenters. The molecule has 0 atom stereocenters. The van der Waals surface area contributed by atoms with Gasteiger partial charge in [-0.05, 0) is 44.0 Å². The minimum absolute atomic E-state index is 0.122. The fourth-order valence-electron chi connectivity index (χ4n) is 2.38. The molecule has 0 saturated heterocycles. The number of hydrogen-bond donors (Lipinski definition) is 2. The number of aromatic nitrogens is 3. The summed E-state index contributed by atoms with van der Waals surface area (Å²) in [5.74, 6) is 7.32. The number of nitrogens with one attached hydrogen (secondary N) is 1. The summed E-state index contributed by atoms with van der Waals surface area (Å²) in [5.41, 5.74) is 3.78. The van der Waals surface area contributed by atoms with Crippen LogP contribution >= 0.6 is 11.8 Å². The molecule has 0 spiro atoms. The van der Waals surface area contributed by atoms with Crippen LogP contribution in [-0.4, -0.2) is 26.5 Å². The van der Waals surface area contributed by atoms with Crippen LogP contribution in [0.1, 0.15) is 16.9 Å². The average Bonchev–Trinajstić information content (AvgIpc) is 3.15. The Morgan fingerprint density at radius 3 is 2.80 bits per heavy atom. The number of aryl methyl sites for hydroxylation is 2. The van der Waals surface area contributed by atoms with Gasteiger partial charge in [0.15, 0.2) is 5.82 Å². The third kappa shape index (κ3) is 3.53. The van der Waals surface area contributed by atoms with Gasteiger partial charge < -0.3 is 15.6 Å². The number of carbonyl (C=O) groups excluding carboxylic acids is 1. The third-order valence-corrected chi connectivity index (χ3v) is 4.92. The van der Waals surface area contributed by atoms with E-state index in [0.29, 0.717) is 16.7 Å². The van der Waals surface area contributed by atoms with Gasteiger partial charge in [-0.25, -0.2) is 4.68 Å². The number of nitrogens with two attached hydrogens (primary N) is 1. The number of hydrogen-bond acceptors (Lipinski definition) is 6. The molecule has 2 heterocycles. The Hall–Kier alpha value is -2.74. The fourth-order valence-corrected chi connectivity index (χ4v) is 3.04. The van der Waals surface area contributed by atoms with Crippen LogP contribution in [0.25, 0.3) is 11.4 Å². The summed E-state index contributed by atoms with van der Waals surface area (Å²) in [4.78, 5) is 12.2. The number of carbonyl (C=O) groups is 1. The van der Waals surface area contributed by atoms with Crippen LogP contribution in [0.15, 0.2) is 40.1 Å². The van der Waals surface area contributed by atoms with Gasteiger partial charge in [0.25, 0.3) is 0 Å². The molecule has 130 valence electrons. The molecule has 1 amide bonds. The van der Waals surface area contributed by atoms with Gasteiger partial charge >= 0.3 is 0 Å². The monoisotopic (exact) mass is 357 g/mol. The number of furan rings is 1. The first-order chi connectivity index (χ1) is 12.0. The summed E-state index contributed by atoms with van der Waals surface area (Å²) in [6, 6.07) is 7.59. The zero-order valence-electron chi connectivity index (χ0n) is 14.2. The van der Waals surface area contributed by atoms with Crippen molar-refractivity contribution in [2.45, 2.75) is 25.9 Å². The molecular formula is C17H19N5O2S. The van der Waals surface area contributed by atoms with Gasteiger partial charge in [0.1, 0.15) is 5.76 Å². The van der Waals surface area contributed by atoms with E-state index in [-0.39, 0.29) is 11.7 Å². The van der Waals surface area contributed by atoms with Gasteiger partial charge in [-0.1, -0.05) is 23.9 Å². The molecule has 0 saturated carbocycles. The predicted octanol–water partition coefficient (Wildman–Crippen LogP) is 2.91. The number of rotatable bonds is 5. The van der Waals surface area contributed by atoms with Crippen molar-refractivity contribution in [3.8, 4) is 11.4 Å². The summed E-state index contributed by atoms with van der Waals surface area (Å²) in [6.45, 7) is 5.82. The van der Waals surface area contributed by atoms with E-state index >= 15 is 0 Å². The molecule has 7 nitrogen and oxygen atoms in total. The Kier molecular flexibility index (Phi) is 4.80. The van der Waals surface area contributed by atoms with Crippen LogP contribution in [0.3, 0.4) is 0 Å². The fraction of sp³-hybridized carbons (Fsp3) is 0.235. The van der Waals surface area contributed by atoms with Crippen LogP contribution in [0.2, 0.25) is 0 Å². The van der Waals surface area contributed by atoms with Crippen LogP contribution in [-0.2, 0) is 4.79 Å². The molecular weight excluding hydrogens is 338 g/mol. The highest BCUT2D eigenvalue weighted by atomic mass is 32.2. The molecule has 3 N–H and O–H groups in total. The molecule has 0 radical (unpaired) electrons. The molecule has 3 rings (SSSR count). The number of amides is 1. The van der Waals surface area contributed by atoms with Gasteiger partial charge in [0.2, 0.25) is 11.1 Å². The van der Waals surface area contributed by atoms with Crippen molar-refractivity contribution in [2.75, 3.05) is 16.9 Å². The lowest BCUT2D eigenvalue weighted by molar-refractivity contribution is -0.113. The van der Waals surface area contributed by atoms with E-state index in [1.165, 1.54) is 16.4 Å². The second-order valence-corrected chi connectivity index (χ2v) is 6.59. The molecule has 0 aliphatic carbocycles. The van der Waals surface area contributed by atoms with Gasteiger partial charge in [0.05, 0.1) is 17.6 Å². The van der Waals surface area contributed by atoms with E-state index in [1.54, 1.807) is 12.3 Å². The van der Waals surface area contributed by atoms with E-state index in [1.807, 2.05) is 39.0 Å². The largest absolute Gasteiger partial charge is 0.469 e. The smallest absolute Gasteiger partial charge is 0.234 e. The molecule has 2 aromatic heterocycles. The number of nitrogens with zero attached hydrogens (tertiary/aromatic N) is 3. The lowest BCUT2D eigenvalue weighted by Crippen LogP contribution is -2.17. The summed E-state index contributed by atoms with van der Waals surface area (Å²) >= 11 is 1.23. The molecule has 25 heavy (non-hydrogen) atoms. The minimum atomic E-state index is -0.122. The molecule has 3 aromatic rings. The van der Waals surface area contributed by atoms with Gasteiger partial charge in [-0.15, -0.1) is 10.2 Å². The van der Waals surface area contributed by atoms with Crippen molar-refractivity contribution >= 4 is 23.4 Å². The Bertz CT molecular complexity index is 916. The zero-order chi connectivity index (χ0) is 18.0. The molecule has 0 bridgehead atoms.